The maximum atomic E-state index is 15.4. The number of carbonyl (C=O) groups is 2. The van der Waals surface area contributed by atoms with E-state index in [0.29, 0.717) is 27.9 Å². The molecule has 0 fully saturated rings. The monoisotopic (exact) mass is 1020 g/mol. The number of hydrogen-bond acceptors (Lipinski definition) is 8. The predicted molar refractivity (Wildman–Crippen MR) is 236 cm³/mol. The third-order valence-corrected chi connectivity index (χ3v) is 13.0. The van der Waals surface area contributed by atoms with Gasteiger partial charge in [-0.1, -0.05) is 43.9 Å². The van der Waals surface area contributed by atoms with Crippen molar-refractivity contribution in [2.45, 2.75) is 101 Å². The van der Waals surface area contributed by atoms with Gasteiger partial charge >= 0.3 is 18.4 Å². The van der Waals surface area contributed by atoms with Crippen LogP contribution in [0.25, 0.3) is 22.0 Å². The lowest BCUT2D eigenvalue weighted by Crippen LogP contribution is -2.35. The van der Waals surface area contributed by atoms with Gasteiger partial charge in [0.15, 0.2) is 11.5 Å². The molecule has 3 aromatic heterocycles. The van der Waals surface area contributed by atoms with E-state index in [0.717, 1.165) is 25.3 Å². The van der Waals surface area contributed by atoms with Crippen molar-refractivity contribution in [2.24, 2.45) is 0 Å². The standard InChI is InChI=1S/C44H42ClF10N7O4S2/c1-7-8-15-66-40(64)62(68(6)65)39-34-30(45)12-11-29(36(34)61(59-39)22-43(50,51)52)28-10-9-27(13-14-41(3,4)67-5)56-35(28)31(18-24-16-25(46)19-26(47)17-24)57-32(63)21-60-38-33(23(2)20-42(38,48)49)37(58-60)44(53,54)55/h9-12,16-17,19,23,31H,7-8,15,18,20-22H2,1-6H3,(H,57,63)/t23-,31?,68?/m0/s1. The second-order valence-electron chi connectivity index (χ2n) is 16.4. The van der Waals surface area contributed by atoms with E-state index in [-0.39, 0.29) is 49.8 Å². The number of unbranched alkanes of at least 4 members (excludes halogenated alkanes) is 1. The average molecular weight is 1020 g/mol. The summed E-state index contributed by atoms with van der Waals surface area (Å²) in [4.78, 5) is 32.2. The summed E-state index contributed by atoms with van der Waals surface area (Å²) in [7, 11) is -2.31. The van der Waals surface area contributed by atoms with Crippen molar-refractivity contribution in [1.29, 1.82) is 0 Å². The number of pyridine rings is 1. The molecule has 1 N–H and O–H groups in total. The molecule has 3 atom stereocenters. The number of alkyl halides is 8. The number of nitrogens with zero attached hydrogens (tertiary/aromatic N) is 6. The molecule has 1 aliphatic rings. The number of aromatic nitrogens is 5. The number of rotatable bonds is 14. The molecule has 1 aliphatic carbocycles. The van der Waals surface area contributed by atoms with E-state index in [1.165, 1.54) is 36.0 Å². The Kier molecular flexibility index (Phi) is 15.3. The van der Waals surface area contributed by atoms with Gasteiger partial charge < -0.3 is 10.1 Å². The molecule has 5 aromatic rings. The van der Waals surface area contributed by atoms with Crippen LogP contribution in [-0.4, -0.2) is 70.8 Å². The average Bonchev–Trinajstić information content (AvgIpc) is 3.86. The fourth-order valence-electron chi connectivity index (χ4n) is 7.68. The third-order valence-electron chi connectivity index (χ3n) is 10.7. The summed E-state index contributed by atoms with van der Waals surface area (Å²) in [5.41, 5.74) is -4.57. The highest BCUT2D eigenvalue weighted by molar-refractivity contribution is 8.00. The second-order valence-corrected chi connectivity index (χ2v) is 19.4. The van der Waals surface area contributed by atoms with E-state index in [2.05, 4.69) is 27.4 Å². The lowest BCUT2D eigenvalue weighted by Gasteiger charge is -2.23. The van der Waals surface area contributed by atoms with Crippen LogP contribution in [0.1, 0.15) is 92.8 Å². The van der Waals surface area contributed by atoms with Gasteiger partial charge in [0.1, 0.15) is 47.1 Å². The molecule has 0 saturated heterocycles. The normalized spacial score (nSPS) is 15.7. The SMILES string of the molecule is CCCCOC(=O)N(c1nn(CC(F)(F)F)c2c(-c3ccc(C#CC(C)(C)SC)nc3C(Cc3cc(F)cc(F)c3)NC(=O)Cn3nc(C(F)(F)F)c4c3C(F)(F)C[C@@H]4C)ccc(Cl)c12)S(C)=O. The van der Waals surface area contributed by atoms with Gasteiger partial charge in [-0.3, -0.25) is 14.2 Å². The Morgan fingerprint density at radius 1 is 1.04 bits per heavy atom. The first-order chi connectivity index (χ1) is 31.6. The minimum absolute atomic E-state index is 0.000895. The van der Waals surface area contributed by atoms with Crippen LogP contribution in [0, 0.1) is 23.5 Å². The van der Waals surface area contributed by atoms with Crippen LogP contribution in [0.2, 0.25) is 5.02 Å². The Bertz CT molecular complexity index is 2820. The van der Waals surface area contributed by atoms with Crippen molar-refractivity contribution in [3.8, 4) is 23.0 Å². The molecule has 68 heavy (non-hydrogen) atoms. The molecular weight excluding hydrogens is 980 g/mol. The van der Waals surface area contributed by atoms with Crippen LogP contribution in [0.3, 0.4) is 0 Å². The molecule has 0 aliphatic heterocycles. The lowest BCUT2D eigenvalue weighted by molar-refractivity contribution is -0.143. The summed E-state index contributed by atoms with van der Waals surface area (Å²) in [5.74, 6) is -3.16. The van der Waals surface area contributed by atoms with Crippen LogP contribution < -0.4 is 9.62 Å². The first-order valence-corrected chi connectivity index (χ1v) is 23.7. The van der Waals surface area contributed by atoms with Crippen molar-refractivity contribution in [2.75, 3.05) is 23.4 Å². The molecule has 0 bridgehead atoms. The molecule has 0 radical (unpaired) electrons. The fraction of sp³-hybridized carbons (Fsp3) is 0.432. The van der Waals surface area contributed by atoms with E-state index in [1.807, 2.05) is 0 Å². The molecular formula is C44H42ClF10N7O4S2. The molecule has 6 rings (SSSR count). The highest BCUT2D eigenvalue weighted by Gasteiger charge is 2.53. The molecule has 0 spiro atoms. The minimum atomic E-state index is -5.18. The zero-order valence-electron chi connectivity index (χ0n) is 36.9. The van der Waals surface area contributed by atoms with E-state index >= 15 is 8.78 Å². The van der Waals surface area contributed by atoms with Gasteiger partial charge in [-0.05, 0) is 80.7 Å². The van der Waals surface area contributed by atoms with Crippen LogP contribution in [0.15, 0.2) is 42.5 Å². The highest BCUT2D eigenvalue weighted by atomic mass is 35.5. The first-order valence-electron chi connectivity index (χ1n) is 20.6. The molecule has 2 amide bonds. The van der Waals surface area contributed by atoms with E-state index in [9.17, 15) is 48.9 Å². The molecule has 3 heterocycles. The smallest absolute Gasteiger partial charge is 0.435 e. The molecule has 0 saturated carbocycles. The molecule has 11 nitrogen and oxygen atoms in total. The van der Waals surface area contributed by atoms with Crippen molar-refractivity contribution in [1.82, 2.24) is 29.9 Å². The second kappa shape index (κ2) is 19.9. The highest BCUT2D eigenvalue weighted by Crippen LogP contribution is 2.52. The summed E-state index contributed by atoms with van der Waals surface area (Å²) in [6.07, 6.45) is -9.14. The minimum Gasteiger partial charge on any atom is -0.448 e. The van der Waals surface area contributed by atoms with Crippen LogP contribution in [0.5, 0.6) is 0 Å². The largest absolute Gasteiger partial charge is 0.448 e. The number of benzene rings is 2. The number of anilines is 1. The van der Waals surface area contributed by atoms with Gasteiger partial charge in [-0.25, -0.2) is 22.8 Å². The van der Waals surface area contributed by atoms with Crippen molar-refractivity contribution in [3.05, 3.63) is 93.0 Å². The number of thioether (sulfide) groups is 1. The van der Waals surface area contributed by atoms with Crippen LogP contribution >= 0.6 is 23.4 Å². The number of hydrogen-bond donors (Lipinski definition) is 1. The van der Waals surface area contributed by atoms with Gasteiger partial charge in [0.2, 0.25) is 5.91 Å². The topological polar surface area (TPSA) is 124 Å². The molecule has 2 unspecified atom stereocenters. The summed E-state index contributed by atoms with van der Waals surface area (Å²) in [5, 5.41) is 9.44. The molecule has 2 aromatic carbocycles. The summed E-state index contributed by atoms with van der Waals surface area (Å²) < 4.78 is 165. The van der Waals surface area contributed by atoms with Crippen LogP contribution in [0.4, 0.5) is 54.5 Å². The quantitative estimate of drug-likeness (QED) is 0.0663. The summed E-state index contributed by atoms with van der Waals surface area (Å²) >= 11 is 8.06. The van der Waals surface area contributed by atoms with E-state index in [4.69, 9.17) is 21.3 Å². The van der Waals surface area contributed by atoms with Crippen LogP contribution in [-0.2, 0) is 52.1 Å². The Balaban J connectivity index is 1.62. The number of amides is 2. The van der Waals surface area contributed by atoms with E-state index < -0.39 is 124 Å². The zero-order valence-corrected chi connectivity index (χ0v) is 39.3. The van der Waals surface area contributed by atoms with Crippen molar-refractivity contribution in [3.63, 3.8) is 0 Å². The van der Waals surface area contributed by atoms with Gasteiger partial charge in [0, 0.05) is 35.4 Å². The first kappa shape index (κ1) is 52.0. The Morgan fingerprint density at radius 3 is 2.31 bits per heavy atom. The van der Waals surface area contributed by atoms with Gasteiger partial charge in [-0.2, -0.15) is 49.6 Å². The Morgan fingerprint density at radius 2 is 1.71 bits per heavy atom. The number of halogens is 11. The summed E-state index contributed by atoms with van der Waals surface area (Å²) in [6.45, 7) is 3.37. The predicted octanol–water partition coefficient (Wildman–Crippen LogP) is 11.0. The van der Waals surface area contributed by atoms with Crippen molar-refractivity contribution >= 4 is 63.1 Å². The number of nitrogens with one attached hydrogen (secondary N) is 1. The van der Waals surface area contributed by atoms with Crippen molar-refractivity contribution < 1.29 is 62.4 Å². The van der Waals surface area contributed by atoms with Gasteiger partial charge in [0.25, 0.3) is 5.92 Å². The van der Waals surface area contributed by atoms with E-state index in [1.54, 1.807) is 27.0 Å². The Labute approximate surface area is 394 Å². The number of ether oxygens (including phenoxy) is 1. The lowest BCUT2D eigenvalue weighted by atomic mass is 9.93. The maximum Gasteiger partial charge on any atom is 0.435 e. The fourth-order valence-corrected chi connectivity index (χ4v) is 8.70. The Hall–Kier alpha value is -5.34. The number of carbonyl (C=O) groups excluding carboxylic acids is 2. The molecule has 24 heteroatoms. The zero-order chi connectivity index (χ0) is 50.3. The maximum absolute atomic E-state index is 15.4. The number of fused-ring (bicyclic) bond motifs is 2. The van der Waals surface area contributed by atoms with Gasteiger partial charge in [0.05, 0.1) is 39.0 Å². The molecule has 366 valence electrons. The summed E-state index contributed by atoms with van der Waals surface area (Å²) in [6, 6.07) is 5.95. The third kappa shape index (κ3) is 11.6. The van der Waals surface area contributed by atoms with Gasteiger partial charge in [-0.15, -0.1) is 11.8 Å².